The monoisotopic (exact) mass is 628 g/mol. The van der Waals surface area contributed by atoms with Gasteiger partial charge in [-0.15, -0.1) is 0 Å². The predicted molar refractivity (Wildman–Crippen MR) is 173 cm³/mol. The lowest BCUT2D eigenvalue weighted by Crippen LogP contribution is -2.60. The van der Waals surface area contributed by atoms with Crippen LogP contribution in [0.5, 0.6) is 11.5 Å². The number of hydrogen-bond donors (Lipinski definition) is 3. The molecule has 0 saturated carbocycles. The Bertz CT molecular complexity index is 1260. The van der Waals surface area contributed by atoms with Gasteiger partial charge < -0.3 is 29.9 Å². The Morgan fingerprint density at radius 2 is 1.43 bits per heavy atom. The molecule has 3 N–H and O–H groups in total. The molecule has 0 aromatic heterocycles. The molecule has 11 heteroatoms. The highest BCUT2D eigenvalue weighted by molar-refractivity contribution is 7.55. The van der Waals surface area contributed by atoms with Gasteiger partial charge in [-0.05, 0) is 69.2 Å². The van der Waals surface area contributed by atoms with Gasteiger partial charge in [0.25, 0.3) is 0 Å². The van der Waals surface area contributed by atoms with Gasteiger partial charge in [0.05, 0.1) is 0 Å². The maximum Gasteiger partial charge on any atom is 0.453 e. The van der Waals surface area contributed by atoms with Gasteiger partial charge in [-0.3, -0.25) is 9.59 Å². The van der Waals surface area contributed by atoms with Gasteiger partial charge in [-0.1, -0.05) is 77.4 Å². The second-order valence-corrected chi connectivity index (χ2v) is 15.5. The number of urea groups is 1. The standard InChI is InChI=1S/C33H49N4O6P/c1-9-23(2)29(44(41,42-24-17-12-10-13-18-24)43-25-19-14-11-15-20-25)35-28(38)26-21-16-22-37(26)30(39)27(32(3,4)5)34-31(40)36-33(6,7)8/h10-15,17-20,23,26-27,29H,9,16,21-22H2,1-8H3,(H,35,38)(H2,34,36,40)/t23?,26-,27+,29?/m0/s1. The van der Waals surface area contributed by atoms with Gasteiger partial charge in [0.2, 0.25) is 11.8 Å². The van der Waals surface area contributed by atoms with Crippen molar-refractivity contribution >= 4 is 25.4 Å². The van der Waals surface area contributed by atoms with Crippen molar-refractivity contribution in [2.24, 2.45) is 11.3 Å². The number of para-hydroxylation sites is 2. The lowest BCUT2D eigenvalue weighted by Gasteiger charge is -2.37. The van der Waals surface area contributed by atoms with E-state index in [1.54, 1.807) is 48.5 Å². The minimum Gasteiger partial charge on any atom is -0.415 e. The summed E-state index contributed by atoms with van der Waals surface area (Å²) in [6.45, 7) is 15.4. The first kappa shape index (κ1) is 35.0. The number of amides is 4. The fourth-order valence-corrected chi connectivity index (χ4v) is 7.23. The predicted octanol–water partition coefficient (Wildman–Crippen LogP) is 6.33. The maximum absolute atomic E-state index is 14.7. The summed E-state index contributed by atoms with van der Waals surface area (Å²) in [4.78, 5) is 42.3. The summed E-state index contributed by atoms with van der Waals surface area (Å²) in [5.74, 6) is -1.40. The molecule has 1 saturated heterocycles. The second-order valence-electron chi connectivity index (χ2n) is 13.5. The van der Waals surface area contributed by atoms with E-state index in [0.717, 1.165) is 0 Å². The first-order valence-electron chi connectivity index (χ1n) is 15.3. The lowest BCUT2D eigenvalue weighted by molar-refractivity contribution is -0.142. The molecule has 1 aliphatic rings. The van der Waals surface area contributed by atoms with E-state index in [-0.39, 0.29) is 11.8 Å². The molecule has 2 aromatic rings. The average Bonchev–Trinajstić information content (AvgIpc) is 3.43. The van der Waals surface area contributed by atoms with Crippen molar-refractivity contribution in [2.75, 3.05) is 6.54 Å². The van der Waals surface area contributed by atoms with Crippen LogP contribution in [0.15, 0.2) is 60.7 Å². The van der Waals surface area contributed by atoms with Gasteiger partial charge in [0, 0.05) is 12.1 Å². The van der Waals surface area contributed by atoms with Crippen LogP contribution >= 0.6 is 7.60 Å². The van der Waals surface area contributed by atoms with E-state index >= 15 is 0 Å². The SMILES string of the molecule is CCC(C)C(NC(=O)[C@@H]1CCCN1C(=O)[C@@H](NC(=O)NC(C)(C)C)C(C)(C)C)P(=O)(Oc1ccccc1)Oc1ccccc1. The molecule has 10 nitrogen and oxygen atoms in total. The normalized spacial score (nSPS) is 17.6. The zero-order valence-electron chi connectivity index (χ0n) is 27.3. The largest absolute Gasteiger partial charge is 0.453 e. The Morgan fingerprint density at radius 3 is 1.89 bits per heavy atom. The van der Waals surface area contributed by atoms with Crippen LogP contribution in [0.25, 0.3) is 0 Å². The molecule has 0 aliphatic carbocycles. The van der Waals surface area contributed by atoms with E-state index in [1.165, 1.54) is 4.90 Å². The summed E-state index contributed by atoms with van der Waals surface area (Å²) < 4.78 is 26.9. The van der Waals surface area contributed by atoms with Crippen molar-refractivity contribution in [3.05, 3.63) is 60.7 Å². The third-order valence-electron chi connectivity index (χ3n) is 7.48. The van der Waals surface area contributed by atoms with E-state index in [2.05, 4.69) is 16.0 Å². The zero-order chi connectivity index (χ0) is 32.7. The van der Waals surface area contributed by atoms with Gasteiger partial charge in [-0.2, -0.15) is 0 Å². The number of carbonyl (C=O) groups excluding carboxylic acids is 3. The molecule has 1 fully saturated rings. The summed E-state index contributed by atoms with van der Waals surface area (Å²) in [6.07, 6.45) is 1.62. The number of carbonyl (C=O) groups is 3. The fraction of sp³-hybridized carbons (Fsp3) is 0.545. The number of hydrogen-bond acceptors (Lipinski definition) is 6. The van der Waals surface area contributed by atoms with Crippen molar-refractivity contribution in [2.45, 2.75) is 98.1 Å². The van der Waals surface area contributed by atoms with Crippen LogP contribution in [-0.4, -0.2) is 52.7 Å². The molecule has 242 valence electrons. The first-order chi connectivity index (χ1) is 20.5. The Balaban J connectivity index is 1.90. The van der Waals surface area contributed by atoms with Gasteiger partial charge >= 0.3 is 13.6 Å². The topological polar surface area (TPSA) is 126 Å². The number of rotatable bonds is 11. The quantitative estimate of drug-likeness (QED) is 0.250. The Labute approximate surface area is 262 Å². The summed E-state index contributed by atoms with van der Waals surface area (Å²) in [6, 6.07) is 15.3. The molecule has 4 atom stereocenters. The summed E-state index contributed by atoms with van der Waals surface area (Å²) in [5, 5.41) is 8.66. The Hall–Kier alpha value is -3.52. The van der Waals surface area contributed by atoms with Crippen LogP contribution < -0.4 is 25.0 Å². The fourth-order valence-electron chi connectivity index (χ4n) is 5.01. The third kappa shape index (κ3) is 9.49. The van der Waals surface area contributed by atoms with E-state index in [0.29, 0.717) is 37.3 Å². The van der Waals surface area contributed by atoms with E-state index in [4.69, 9.17) is 9.05 Å². The lowest BCUT2D eigenvalue weighted by atomic mass is 9.85. The average molecular weight is 629 g/mol. The Morgan fingerprint density at radius 1 is 0.909 bits per heavy atom. The number of likely N-dealkylation sites (tertiary alicyclic amines) is 1. The van der Waals surface area contributed by atoms with Crippen LogP contribution in [-0.2, 0) is 14.2 Å². The third-order valence-corrected chi connectivity index (χ3v) is 9.73. The highest BCUT2D eigenvalue weighted by atomic mass is 31.2. The van der Waals surface area contributed by atoms with Crippen molar-refractivity contribution in [3.63, 3.8) is 0 Å². The molecule has 1 heterocycles. The van der Waals surface area contributed by atoms with Crippen LogP contribution in [0.1, 0.15) is 74.7 Å². The molecule has 2 unspecified atom stereocenters. The summed E-state index contributed by atoms with van der Waals surface area (Å²) >= 11 is 0. The molecule has 2 aromatic carbocycles. The second kappa shape index (κ2) is 14.5. The summed E-state index contributed by atoms with van der Waals surface area (Å²) in [5.41, 5.74) is -1.12. The maximum atomic E-state index is 14.7. The van der Waals surface area contributed by atoms with Crippen molar-refractivity contribution in [1.82, 2.24) is 20.9 Å². The van der Waals surface area contributed by atoms with Crippen LogP contribution in [0.2, 0.25) is 0 Å². The smallest absolute Gasteiger partial charge is 0.415 e. The molecule has 4 amide bonds. The van der Waals surface area contributed by atoms with Crippen molar-refractivity contribution in [1.29, 1.82) is 0 Å². The van der Waals surface area contributed by atoms with Gasteiger partial charge in [0.15, 0.2) is 5.78 Å². The van der Waals surface area contributed by atoms with Crippen molar-refractivity contribution in [3.8, 4) is 11.5 Å². The van der Waals surface area contributed by atoms with Crippen LogP contribution in [0, 0.1) is 11.3 Å². The number of benzene rings is 2. The summed E-state index contributed by atoms with van der Waals surface area (Å²) in [7, 11) is -4.07. The minimum atomic E-state index is -4.07. The molecule has 0 bridgehead atoms. The molecule has 0 spiro atoms. The highest BCUT2D eigenvalue weighted by Gasteiger charge is 2.47. The Kier molecular flexibility index (Phi) is 11.5. The van der Waals surface area contributed by atoms with Gasteiger partial charge in [-0.25, -0.2) is 9.36 Å². The minimum absolute atomic E-state index is 0.298. The molecular formula is C33H49N4O6P. The van der Waals surface area contributed by atoms with Crippen molar-refractivity contribution < 1.29 is 28.0 Å². The molecule has 1 aliphatic heterocycles. The molecule has 3 rings (SSSR count). The van der Waals surface area contributed by atoms with E-state index < -0.39 is 48.4 Å². The molecule has 44 heavy (non-hydrogen) atoms. The van der Waals surface area contributed by atoms with E-state index in [9.17, 15) is 18.9 Å². The molecule has 0 radical (unpaired) electrons. The van der Waals surface area contributed by atoms with Crippen LogP contribution in [0.4, 0.5) is 4.79 Å². The molecular weight excluding hydrogens is 579 g/mol. The highest BCUT2D eigenvalue weighted by Crippen LogP contribution is 2.54. The zero-order valence-corrected chi connectivity index (χ0v) is 28.1. The van der Waals surface area contributed by atoms with E-state index in [1.807, 2.05) is 67.5 Å². The number of nitrogens with zero attached hydrogens (tertiary/aromatic N) is 1. The first-order valence-corrected chi connectivity index (χ1v) is 16.9. The number of nitrogens with one attached hydrogen (secondary N) is 3. The van der Waals surface area contributed by atoms with Gasteiger partial charge in [0.1, 0.15) is 23.6 Å². The van der Waals surface area contributed by atoms with Crippen LogP contribution in [0.3, 0.4) is 0 Å².